The van der Waals surface area contributed by atoms with Crippen LogP contribution in [0.2, 0.25) is 0 Å². The molecule has 3 aromatic carbocycles. The van der Waals surface area contributed by atoms with Crippen LogP contribution in [0.1, 0.15) is 22.3 Å². The van der Waals surface area contributed by atoms with Gasteiger partial charge in [-0.1, -0.05) is 66.7 Å². The number of halogens is 4. The van der Waals surface area contributed by atoms with Gasteiger partial charge in [-0.2, -0.15) is 18.2 Å². The first-order valence-corrected chi connectivity index (χ1v) is 10.7. The molecule has 8 heteroatoms. The molecule has 0 aliphatic rings. The highest BCUT2D eigenvalue weighted by atomic mass is 35.5. The van der Waals surface area contributed by atoms with E-state index in [4.69, 9.17) is 15.2 Å². The summed E-state index contributed by atoms with van der Waals surface area (Å²) in [4.78, 5) is 4.48. The summed E-state index contributed by atoms with van der Waals surface area (Å²) in [5.74, 6) is 0.473. The Morgan fingerprint density at radius 1 is 0.714 bits per heavy atom. The summed E-state index contributed by atoms with van der Waals surface area (Å²) in [6, 6.07) is 25.8. The molecule has 0 saturated carbocycles. The summed E-state index contributed by atoms with van der Waals surface area (Å²) < 4.78 is 52.0. The van der Waals surface area contributed by atoms with E-state index in [0.29, 0.717) is 29.2 Å². The molecule has 0 spiro atoms. The molecule has 0 saturated heterocycles. The number of ether oxygens (including phenoxy) is 2. The minimum Gasteiger partial charge on any atom is -0.473 e. The molecule has 0 amide bonds. The zero-order valence-electron chi connectivity index (χ0n) is 18.7. The standard InChI is InChI=1S/C27H23F3N2O2.ClH/c28-27(29,30)22-12-11-21(16-31)24(15-22)23-13-14-25(33-17-19-7-3-1-4-8-19)32-26(23)34-18-20-9-5-2-6-10-20;/h1-15H,16-18,31H2;1H. The van der Waals surface area contributed by atoms with Crippen molar-refractivity contribution in [2.24, 2.45) is 5.73 Å². The first kappa shape index (κ1) is 26.1. The number of rotatable bonds is 8. The minimum atomic E-state index is -4.49. The normalized spacial score (nSPS) is 11.0. The number of hydrogen-bond donors (Lipinski definition) is 1. The van der Waals surface area contributed by atoms with Crippen LogP contribution in [0.15, 0.2) is 91.0 Å². The molecule has 4 nitrogen and oxygen atoms in total. The molecule has 0 aliphatic carbocycles. The first-order chi connectivity index (χ1) is 16.4. The smallest absolute Gasteiger partial charge is 0.416 e. The van der Waals surface area contributed by atoms with E-state index >= 15 is 0 Å². The number of pyridine rings is 1. The van der Waals surface area contributed by atoms with Gasteiger partial charge >= 0.3 is 6.18 Å². The summed E-state index contributed by atoms with van der Waals surface area (Å²) in [6.45, 7) is 0.556. The topological polar surface area (TPSA) is 57.4 Å². The lowest BCUT2D eigenvalue weighted by Crippen LogP contribution is -2.08. The van der Waals surface area contributed by atoms with Crippen molar-refractivity contribution >= 4 is 12.4 Å². The van der Waals surface area contributed by atoms with Crippen molar-refractivity contribution < 1.29 is 22.6 Å². The average Bonchev–Trinajstić information content (AvgIpc) is 2.86. The third-order valence-electron chi connectivity index (χ3n) is 5.23. The second-order valence-electron chi connectivity index (χ2n) is 7.62. The van der Waals surface area contributed by atoms with Crippen LogP contribution in [0.3, 0.4) is 0 Å². The number of hydrogen-bond acceptors (Lipinski definition) is 4. The summed E-state index contributed by atoms with van der Waals surface area (Å²) >= 11 is 0. The molecule has 1 aromatic heterocycles. The van der Waals surface area contributed by atoms with Gasteiger partial charge in [0, 0.05) is 18.2 Å². The molecule has 2 N–H and O–H groups in total. The predicted molar refractivity (Wildman–Crippen MR) is 131 cm³/mol. The quantitative estimate of drug-likeness (QED) is 0.289. The maximum Gasteiger partial charge on any atom is 0.416 e. The molecule has 4 aromatic rings. The molecule has 1 heterocycles. The van der Waals surface area contributed by atoms with Crippen molar-refractivity contribution in [2.75, 3.05) is 0 Å². The highest BCUT2D eigenvalue weighted by Gasteiger charge is 2.31. The van der Waals surface area contributed by atoms with Crippen molar-refractivity contribution in [2.45, 2.75) is 25.9 Å². The van der Waals surface area contributed by atoms with Gasteiger partial charge in [0.05, 0.1) is 5.56 Å². The van der Waals surface area contributed by atoms with E-state index in [-0.39, 0.29) is 31.4 Å². The van der Waals surface area contributed by atoms with Gasteiger partial charge in [0.2, 0.25) is 11.8 Å². The second-order valence-corrected chi connectivity index (χ2v) is 7.62. The van der Waals surface area contributed by atoms with E-state index in [1.54, 1.807) is 12.1 Å². The number of alkyl halides is 3. The third kappa shape index (κ3) is 6.74. The molecular weight excluding hydrogens is 477 g/mol. The fraction of sp³-hybridized carbons (Fsp3) is 0.148. The van der Waals surface area contributed by atoms with Crippen molar-refractivity contribution in [1.29, 1.82) is 0 Å². The van der Waals surface area contributed by atoms with Crippen molar-refractivity contribution in [3.05, 3.63) is 113 Å². The third-order valence-corrected chi connectivity index (χ3v) is 5.23. The van der Waals surface area contributed by atoms with Crippen LogP contribution in [0.25, 0.3) is 11.1 Å². The lowest BCUT2D eigenvalue weighted by atomic mass is 9.97. The van der Waals surface area contributed by atoms with Gasteiger partial charge < -0.3 is 15.2 Å². The Kier molecular flexibility index (Phi) is 8.73. The van der Waals surface area contributed by atoms with Gasteiger partial charge in [-0.3, -0.25) is 0 Å². The summed E-state index contributed by atoms with van der Waals surface area (Å²) in [5.41, 5.74) is 8.22. The fourth-order valence-corrected chi connectivity index (χ4v) is 3.46. The van der Waals surface area contributed by atoms with Crippen LogP contribution in [0, 0.1) is 0 Å². The van der Waals surface area contributed by atoms with Crippen molar-refractivity contribution in [3.8, 4) is 22.9 Å². The van der Waals surface area contributed by atoms with Crippen LogP contribution in [-0.2, 0) is 25.9 Å². The largest absolute Gasteiger partial charge is 0.473 e. The van der Waals surface area contributed by atoms with E-state index in [0.717, 1.165) is 23.3 Å². The SMILES string of the molecule is Cl.NCc1ccc(C(F)(F)F)cc1-c1ccc(OCc2ccccc2)nc1OCc1ccccc1. The second kappa shape index (κ2) is 11.7. The Bertz CT molecular complexity index is 1240. The summed E-state index contributed by atoms with van der Waals surface area (Å²) in [7, 11) is 0. The van der Waals surface area contributed by atoms with Crippen molar-refractivity contribution in [1.82, 2.24) is 4.98 Å². The van der Waals surface area contributed by atoms with E-state index in [2.05, 4.69) is 4.98 Å². The maximum atomic E-state index is 13.4. The number of nitrogens with zero attached hydrogens (tertiary/aromatic N) is 1. The lowest BCUT2D eigenvalue weighted by molar-refractivity contribution is -0.137. The number of benzene rings is 3. The van der Waals surface area contributed by atoms with Gasteiger partial charge in [-0.05, 0) is 40.5 Å². The average molecular weight is 501 g/mol. The number of nitrogens with two attached hydrogens (primary N) is 1. The van der Waals surface area contributed by atoms with E-state index in [1.165, 1.54) is 6.07 Å². The lowest BCUT2D eigenvalue weighted by Gasteiger charge is -2.17. The van der Waals surface area contributed by atoms with E-state index in [9.17, 15) is 13.2 Å². The van der Waals surface area contributed by atoms with Crippen LogP contribution in [0.4, 0.5) is 13.2 Å². The zero-order valence-corrected chi connectivity index (χ0v) is 19.5. The number of aromatic nitrogens is 1. The molecule has 0 aliphatic heterocycles. The zero-order chi connectivity index (χ0) is 24.0. The minimum absolute atomic E-state index is 0. The monoisotopic (exact) mass is 500 g/mol. The van der Waals surface area contributed by atoms with Gasteiger partial charge in [0.1, 0.15) is 13.2 Å². The first-order valence-electron chi connectivity index (χ1n) is 10.7. The van der Waals surface area contributed by atoms with Crippen LogP contribution >= 0.6 is 12.4 Å². The summed E-state index contributed by atoms with van der Waals surface area (Å²) in [5, 5.41) is 0. The molecule has 4 rings (SSSR count). The molecule has 182 valence electrons. The molecule has 0 fully saturated rings. The summed E-state index contributed by atoms with van der Waals surface area (Å²) in [6.07, 6.45) is -4.49. The van der Waals surface area contributed by atoms with E-state index in [1.807, 2.05) is 60.7 Å². The highest BCUT2D eigenvalue weighted by Crippen LogP contribution is 2.38. The fourth-order valence-electron chi connectivity index (χ4n) is 3.46. The van der Waals surface area contributed by atoms with Gasteiger partial charge in [-0.15, -0.1) is 12.4 Å². The van der Waals surface area contributed by atoms with Crippen molar-refractivity contribution in [3.63, 3.8) is 0 Å². The molecule has 0 bridgehead atoms. The van der Waals surface area contributed by atoms with Gasteiger partial charge in [0.25, 0.3) is 0 Å². The molecule has 0 atom stereocenters. The molecule has 0 radical (unpaired) electrons. The van der Waals surface area contributed by atoms with E-state index < -0.39 is 11.7 Å². The molecule has 0 unspecified atom stereocenters. The van der Waals surface area contributed by atoms with Gasteiger partial charge in [-0.25, -0.2) is 0 Å². The van der Waals surface area contributed by atoms with Crippen LogP contribution in [0.5, 0.6) is 11.8 Å². The predicted octanol–water partition coefficient (Wildman–Crippen LogP) is 6.81. The molecule has 35 heavy (non-hydrogen) atoms. The molecular formula is C27H24ClF3N2O2. The Balaban J connectivity index is 0.00000342. The van der Waals surface area contributed by atoms with Crippen LogP contribution < -0.4 is 15.2 Å². The Morgan fingerprint density at radius 2 is 1.31 bits per heavy atom. The Labute approximate surface area is 207 Å². The Hall–Kier alpha value is -3.55. The maximum absolute atomic E-state index is 13.4. The highest BCUT2D eigenvalue weighted by molar-refractivity contribution is 5.85. The van der Waals surface area contributed by atoms with Crippen LogP contribution in [-0.4, -0.2) is 4.98 Å². The Morgan fingerprint density at radius 3 is 1.89 bits per heavy atom. The van der Waals surface area contributed by atoms with Gasteiger partial charge in [0.15, 0.2) is 0 Å².